The molecule has 0 saturated heterocycles. The lowest BCUT2D eigenvalue weighted by Crippen LogP contribution is -2.42. The van der Waals surface area contributed by atoms with Crippen LogP contribution in [0.5, 0.6) is 0 Å². The van der Waals surface area contributed by atoms with Crippen molar-refractivity contribution in [2.24, 2.45) is 0 Å². The van der Waals surface area contributed by atoms with Crippen LogP contribution in [-0.2, 0) is 0 Å². The summed E-state index contributed by atoms with van der Waals surface area (Å²) in [5.74, 6) is -1.92. The highest BCUT2D eigenvalue weighted by Crippen LogP contribution is 2.25. The first-order valence-corrected chi connectivity index (χ1v) is 10.7. The average molecular weight is 475 g/mol. The van der Waals surface area contributed by atoms with E-state index in [4.69, 9.17) is 0 Å². The molecule has 0 bridgehead atoms. The number of nitrogens with one attached hydrogen (secondary N) is 3. The fourth-order valence-electron chi connectivity index (χ4n) is 3.28. The van der Waals surface area contributed by atoms with Crippen molar-refractivity contribution in [3.63, 3.8) is 0 Å². The summed E-state index contributed by atoms with van der Waals surface area (Å²) in [6.45, 7) is 0. The summed E-state index contributed by atoms with van der Waals surface area (Å²) >= 11 is 1.38. The lowest BCUT2D eigenvalue weighted by molar-refractivity contribution is 0.0838. The van der Waals surface area contributed by atoms with Gasteiger partial charge >= 0.3 is 5.91 Å². The molecular formula is C22H14FN7O3S. The Morgan fingerprint density at radius 2 is 1.76 bits per heavy atom. The quantitative estimate of drug-likeness (QED) is 0.342. The predicted molar refractivity (Wildman–Crippen MR) is 122 cm³/mol. The second kappa shape index (κ2) is 8.67. The first-order valence-electron chi connectivity index (χ1n) is 9.86. The molecule has 3 aromatic heterocycles. The third-order valence-corrected chi connectivity index (χ3v) is 5.67. The summed E-state index contributed by atoms with van der Waals surface area (Å²) in [5, 5.41) is 12.7. The van der Waals surface area contributed by atoms with Crippen LogP contribution in [0, 0.1) is 5.82 Å². The topological polar surface area (TPSA) is 135 Å². The number of hydrogen-bond donors (Lipinski definition) is 3. The van der Waals surface area contributed by atoms with E-state index in [1.165, 1.54) is 34.2 Å². The monoisotopic (exact) mass is 475 g/mol. The summed E-state index contributed by atoms with van der Waals surface area (Å²) in [6.07, 6.45) is 0. The van der Waals surface area contributed by atoms with Gasteiger partial charge in [-0.3, -0.25) is 25.2 Å². The van der Waals surface area contributed by atoms with E-state index in [0.717, 1.165) is 0 Å². The molecule has 34 heavy (non-hydrogen) atoms. The van der Waals surface area contributed by atoms with Crippen LogP contribution in [0.4, 0.5) is 4.39 Å². The van der Waals surface area contributed by atoms with E-state index < -0.39 is 23.2 Å². The molecule has 168 valence electrons. The van der Waals surface area contributed by atoms with Crippen LogP contribution in [0.2, 0.25) is 0 Å². The first-order chi connectivity index (χ1) is 16.5. The van der Waals surface area contributed by atoms with E-state index in [9.17, 15) is 18.8 Å². The van der Waals surface area contributed by atoms with E-state index in [1.54, 1.807) is 36.4 Å². The second-order valence-corrected chi connectivity index (χ2v) is 7.93. The number of benzene rings is 2. The van der Waals surface area contributed by atoms with Gasteiger partial charge in [0.15, 0.2) is 11.5 Å². The van der Waals surface area contributed by atoms with Gasteiger partial charge in [0, 0.05) is 5.39 Å². The summed E-state index contributed by atoms with van der Waals surface area (Å²) in [5.41, 5.74) is 4.36. The Balaban J connectivity index is 1.42. The van der Waals surface area contributed by atoms with Crippen molar-refractivity contribution in [3.05, 3.63) is 93.7 Å². The van der Waals surface area contributed by atoms with Crippen molar-refractivity contribution in [2.75, 3.05) is 0 Å². The van der Waals surface area contributed by atoms with Crippen LogP contribution in [0.25, 0.3) is 27.2 Å². The maximum absolute atomic E-state index is 13.8. The van der Waals surface area contributed by atoms with Crippen molar-refractivity contribution in [1.29, 1.82) is 0 Å². The third-order valence-electron chi connectivity index (χ3n) is 4.81. The van der Waals surface area contributed by atoms with Gasteiger partial charge in [-0.05, 0) is 35.7 Å². The zero-order valence-corrected chi connectivity index (χ0v) is 18.0. The van der Waals surface area contributed by atoms with Gasteiger partial charge in [0.05, 0.1) is 16.0 Å². The molecule has 0 atom stereocenters. The molecule has 0 fully saturated rings. The molecule has 5 aromatic rings. The molecule has 0 aliphatic carbocycles. The van der Waals surface area contributed by atoms with Crippen molar-refractivity contribution in [2.45, 2.75) is 0 Å². The Labute approximate surface area is 194 Å². The summed E-state index contributed by atoms with van der Waals surface area (Å²) < 4.78 is 15.1. The smallest absolute Gasteiger partial charge is 0.267 e. The number of rotatable bonds is 4. The van der Waals surface area contributed by atoms with E-state index in [1.807, 2.05) is 11.4 Å². The average Bonchev–Trinajstić information content (AvgIpc) is 3.53. The number of carbonyl (C=O) groups is 2. The van der Waals surface area contributed by atoms with Gasteiger partial charge in [-0.25, -0.2) is 19.2 Å². The highest BCUT2D eigenvalue weighted by molar-refractivity contribution is 7.13. The molecular weight excluding hydrogens is 461 g/mol. The number of H-pyrrole nitrogens is 1. The molecule has 0 unspecified atom stereocenters. The van der Waals surface area contributed by atoms with Gasteiger partial charge in [-0.15, -0.1) is 16.4 Å². The number of thiophene rings is 1. The molecule has 3 N–H and O–H groups in total. The van der Waals surface area contributed by atoms with Crippen LogP contribution >= 0.6 is 11.3 Å². The number of fused-ring (bicyclic) bond motifs is 1. The largest absolute Gasteiger partial charge is 0.309 e. The van der Waals surface area contributed by atoms with Crippen LogP contribution in [0.3, 0.4) is 0 Å². The summed E-state index contributed by atoms with van der Waals surface area (Å²) in [7, 11) is 0. The molecule has 0 aliphatic heterocycles. The maximum Gasteiger partial charge on any atom is 0.309 e. The van der Waals surface area contributed by atoms with Crippen molar-refractivity contribution in [1.82, 2.24) is 35.8 Å². The van der Waals surface area contributed by atoms with E-state index in [2.05, 4.69) is 31.1 Å². The predicted octanol–water partition coefficient (Wildman–Crippen LogP) is 2.45. The molecule has 2 amide bonds. The normalized spacial score (nSPS) is 10.9. The van der Waals surface area contributed by atoms with Gasteiger partial charge < -0.3 is 0 Å². The summed E-state index contributed by atoms with van der Waals surface area (Å²) in [6, 6.07) is 15.8. The lowest BCUT2D eigenvalue weighted by Gasteiger charge is -2.07. The fraction of sp³-hybridized carbons (Fsp3) is 0. The second-order valence-electron chi connectivity index (χ2n) is 6.98. The van der Waals surface area contributed by atoms with E-state index in [-0.39, 0.29) is 16.9 Å². The SMILES string of the molecule is O=C(NNC(=O)c1n[nH]c(=O)c2ccccc12)c1nc(-c2cccs2)n(-c2cccc(F)c2)n1. The number of hydrazine groups is 1. The number of carbonyl (C=O) groups excluding carboxylic acids is 2. The number of aromatic amines is 1. The van der Waals surface area contributed by atoms with Gasteiger partial charge in [0.2, 0.25) is 5.82 Å². The number of aromatic nitrogens is 5. The Bertz CT molecular complexity index is 1590. The highest BCUT2D eigenvalue weighted by Gasteiger charge is 2.21. The Kier molecular flexibility index (Phi) is 5.40. The summed E-state index contributed by atoms with van der Waals surface area (Å²) in [4.78, 5) is 42.3. The van der Waals surface area contributed by atoms with Crippen LogP contribution in [-0.4, -0.2) is 36.8 Å². The van der Waals surface area contributed by atoms with E-state index >= 15 is 0 Å². The number of nitrogens with zero attached hydrogens (tertiary/aromatic N) is 4. The van der Waals surface area contributed by atoms with Crippen LogP contribution in [0.15, 0.2) is 70.8 Å². The fourth-order valence-corrected chi connectivity index (χ4v) is 3.98. The molecule has 12 heteroatoms. The molecule has 3 heterocycles. The van der Waals surface area contributed by atoms with Crippen molar-refractivity contribution >= 4 is 33.9 Å². The number of amides is 2. The van der Waals surface area contributed by atoms with Gasteiger partial charge in [-0.1, -0.05) is 30.3 Å². The minimum absolute atomic E-state index is 0.0759. The molecule has 0 aliphatic rings. The molecule has 0 spiro atoms. The Morgan fingerprint density at radius 3 is 2.53 bits per heavy atom. The van der Waals surface area contributed by atoms with Gasteiger partial charge in [0.25, 0.3) is 11.5 Å². The first kappa shape index (κ1) is 21.2. The minimum Gasteiger partial charge on any atom is -0.267 e. The Morgan fingerprint density at radius 1 is 0.971 bits per heavy atom. The number of halogens is 1. The third kappa shape index (κ3) is 3.93. The zero-order valence-electron chi connectivity index (χ0n) is 17.2. The van der Waals surface area contributed by atoms with Gasteiger partial charge in [0.1, 0.15) is 5.82 Å². The molecule has 5 rings (SSSR count). The molecule has 0 radical (unpaired) electrons. The minimum atomic E-state index is -0.796. The Hall–Kier alpha value is -4.71. The highest BCUT2D eigenvalue weighted by atomic mass is 32.1. The molecule has 10 nitrogen and oxygen atoms in total. The standard InChI is InChI=1S/C22H14FN7O3S/c23-12-5-3-6-13(11-12)30-19(16-9-4-10-34-16)24-18(29-30)22(33)28-27-21(32)17-14-7-1-2-8-15(14)20(31)26-25-17/h1-11H,(H,26,31)(H,27,32)(H,28,33). The van der Waals surface area contributed by atoms with Crippen LogP contribution < -0.4 is 16.4 Å². The van der Waals surface area contributed by atoms with Crippen LogP contribution in [0.1, 0.15) is 21.1 Å². The van der Waals surface area contributed by atoms with E-state index in [0.29, 0.717) is 21.8 Å². The lowest BCUT2D eigenvalue weighted by atomic mass is 10.1. The molecule has 0 saturated carbocycles. The zero-order chi connectivity index (χ0) is 23.7. The van der Waals surface area contributed by atoms with Crippen molar-refractivity contribution in [3.8, 4) is 16.4 Å². The van der Waals surface area contributed by atoms with Gasteiger partial charge in [-0.2, -0.15) is 5.10 Å². The van der Waals surface area contributed by atoms with Crippen molar-refractivity contribution < 1.29 is 14.0 Å². The maximum atomic E-state index is 13.8. The number of hydrogen-bond acceptors (Lipinski definition) is 7. The molecule has 2 aromatic carbocycles.